The van der Waals surface area contributed by atoms with Crippen molar-refractivity contribution >= 4 is 40.8 Å². The van der Waals surface area contributed by atoms with Gasteiger partial charge >= 0.3 is 0 Å². The third kappa shape index (κ3) is 2.94. The standard InChI is InChI=1S/C10H7Cl3N4O/c11-5-3-7(13)8(4-6(5)12)18-9-1-2-15-10(16-9)17-14/h1-4H,14H2,(H,15,16,17). The van der Waals surface area contributed by atoms with Crippen LogP contribution in [0.3, 0.4) is 0 Å². The molecule has 2 rings (SSSR count). The number of nitrogens with one attached hydrogen (secondary N) is 1. The van der Waals surface area contributed by atoms with Crippen LogP contribution in [0, 0.1) is 0 Å². The number of hydrogen-bond acceptors (Lipinski definition) is 5. The molecule has 0 saturated carbocycles. The zero-order valence-corrected chi connectivity index (χ0v) is 11.1. The average molecular weight is 306 g/mol. The van der Waals surface area contributed by atoms with Crippen molar-refractivity contribution in [2.75, 3.05) is 5.43 Å². The van der Waals surface area contributed by atoms with Gasteiger partial charge in [0.2, 0.25) is 11.8 Å². The minimum absolute atomic E-state index is 0.226. The predicted octanol–water partition coefficient (Wildman–Crippen LogP) is 3.51. The smallest absolute Gasteiger partial charge is 0.240 e. The summed E-state index contributed by atoms with van der Waals surface area (Å²) in [5.41, 5.74) is 2.31. The number of anilines is 1. The SMILES string of the molecule is NNc1nccc(Oc2cc(Cl)c(Cl)cc2Cl)n1. The third-order valence-corrected chi connectivity index (χ3v) is 2.97. The van der Waals surface area contributed by atoms with E-state index >= 15 is 0 Å². The Labute approximate surface area is 118 Å². The highest BCUT2D eigenvalue weighted by Gasteiger charge is 2.09. The van der Waals surface area contributed by atoms with Crippen LogP contribution in [0.5, 0.6) is 11.6 Å². The number of nitrogens with zero attached hydrogens (tertiary/aromatic N) is 2. The second-order valence-electron chi connectivity index (χ2n) is 3.16. The van der Waals surface area contributed by atoms with E-state index in [0.717, 1.165) is 0 Å². The number of ether oxygens (including phenoxy) is 1. The molecule has 1 aromatic carbocycles. The van der Waals surface area contributed by atoms with Crippen molar-refractivity contribution in [3.8, 4) is 11.6 Å². The van der Waals surface area contributed by atoms with Gasteiger partial charge in [0.1, 0.15) is 5.75 Å². The summed E-state index contributed by atoms with van der Waals surface area (Å²) >= 11 is 17.7. The number of aromatic nitrogens is 2. The molecule has 1 aromatic heterocycles. The molecule has 94 valence electrons. The lowest BCUT2D eigenvalue weighted by Crippen LogP contribution is -2.10. The van der Waals surface area contributed by atoms with Gasteiger partial charge in [0, 0.05) is 18.3 Å². The van der Waals surface area contributed by atoms with E-state index in [0.29, 0.717) is 20.8 Å². The molecule has 0 radical (unpaired) electrons. The molecule has 0 unspecified atom stereocenters. The molecule has 5 nitrogen and oxygen atoms in total. The van der Waals surface area contributed by atoms with E-state index in [1.165, 1.54) is 18.3 Å². The average Bonchev–Trinajstić information content (AvgIpc) is 2.36. The summed E-state index contributed by atoms with van der Waals surface area (Å²) in [6, 6.07) is 4.55. The van der Waals surface area contributed by atoms with Gasteiger partial charge in [0.05, 0.1) is 15.1 Å². The van der Waals surface area contributed by atoms with Crippen molar-refractivity contribution in [3.63, 3.8) is 0 Å². The molecule has 1 heterocycles. The molecule has 0 spiro atoms. The first kappa shape index (κ1) is 13.2. The van der Waals surface area contributed by atoms with Crippen LogP contribution in [-0.4, -0.2) is 9.97 Å². The first-order valence-electron chi connectivity index (χ1n) is 4.72. The molecule has 0 saturated heterocycles. The van der Waals surface area contributed by atoms with E-state index in [4.69, 9.17) is 45.4 Å². The summed E-state index contributed by atoms with van der Waals surface area (Å²) in [5.74, 6) is 6.03. The lowest BCUT2D eigenvalue weighted by Gasteiger charge is -2.08. The largest absolute Gasteiger partial charge is 0.437 e. The normalized spacial score (nSPS) is 10.2. The predicted molar refractivity (Wildman–Crippen MR) is 71.4 cm³/mol. The summed E-state index contributed by atoms with van der Waals surface area (Å²) in [7, 11) is 0. The Morgan fingerprint density at radius 3 is 2.56 bits per heavy atom. The first-order chi connectivity index (χ1) is 8.60. The molecule has 0 aliphatic heterocycles. The van der Waals surface area contributed by atoms with Gasteiger partial charge < -0.3 is 4.74 Å². The number of rotatable bonds is 3. The van der Waals surface area contributed by atoms with Crippen LogP contribution in [0.2, 0.25) is 15.1 Å². The molecule has 0 bridgehead atoms. The van der Waals surface area contributed by atoms with Crippen molar-refractivity contribution in [1.82, 2.24) is 9.97 Å². The molecular formula is C10H7Cl3N4O. The number of halogens is 3. The van der Waals surface area contributed by atoms with Crippen molar-refractivity contribution in [3.05, 3.63) is 39.5 Å². The fourth-order valence-electron chi connectivity index (χ4n) is 1.16. The van der Waals surface area contributed by atoms with Gasteiger partial charge in [-0.05, 0) is 6.07 Å². The fraction of sp³-hybridized carbons (Fsp3) is 0. The van der Waals surface area contributed by atoms with E-state index < -0.39 is 0 Å². The number of hydrogen-bond donors (Lipinski definition) is 2. The number of nitrogens with two attached hydrogens (primary N) is 1. The zero-order valence-electron chi connectivity index (χ0n) is 8.82. The zero-order chi connectivity index (χ0) is 13.1. The molecule has 8 heteroatoms. The highest BCUT2D eigenvalue weighted by molar-refractivity contribution is 6.43. The fourth-order valence-corrected chi connectivity index (χ4v) is 1.74. The van der Waals surface area contributed by atoms with Gasteiger partial charge in [0.15, 0.2) is 0 Å². The highest BCUT2D eigenvalue weighted by atomic mass is 35.5. The van der Waals surface area contributed by atoms with E-state index in [1.807, 2.05) is 0 Å². The van der Waals surface area contributed by atoms with Gasteiger partial charge in [-0.15, -0.1) is 0 Å². The summed E-state index contributed by atoms with van der Waals surface area (Å²) in [4.78, 5) is 7.82. The minimum atomic E-state index is 0.226. The first-order valence-corrected chi connectivity index (χ1v) is 5.85. The Balaban J connectivity index is 2.30. The van der Waals surface area contributed by atoms with Crippen molar-refractivity contribution in [1.29, 1.82) is 0 Å². The molecule has 2 aromatic rings. The molecule has 0 aliphatic carbocycles. The van der Waals surface area contributed by atoms with Crippen LogP contribution in [0.15, 0.2) is 24.4 Å². The van der Waals surface area contributed by atoms with Gasteiger partial charge in [-0.3, -0.25) is 5.43 Å². The van der Waals surface area contributed by atoms with Crippen LogP contribution in [-0.2, 0) is 0 Å². The Bertz CT molecular complexity index is 579. The molecule has 0 fully saturated rings. The number of hydrazine groups is 1. The minimum Gasteiger partial charge on any atom is -0.437 e. The summed E-state index contributed by atoms with van der Waals surface area (Å²) in [6.07, 6.45) is 1.49. The van der Waals surface area contributed by atoms with Crippen LogP contribution in [0.1, 0.15) is 0 Å². The third-order valence-electron chi connectivity index (χ3n) is 1.95. The lowest BCUT2D eigenvalue weighted by molar-refractivity contribution is 0.462. The van der Waals surface area contributed by atoms with E-state index in [9.17, 15) is 0 Å². The quantitative estimate of drug-likeness (QED) is 0.516. The van der Waals surface area contributed by atoms with E-state index in [2.05, 4.69) is 15.4 Å². The summed E-state index contributed by atoms with van der Waals surface area (Å²) in [6.45, 7) is 0. The molecule has 0 aliphatic rings. The van der Waals surface area contributed by atoms with Gasteiger partial charge in [-0.2, -0.15) is 4.98 Å². The maximum atomic E-state index is 5.97. The highest BCUT2D eigenvalue weighted by Crippen LogP contribution is 2.35. The van der Waals surface area contributed by atoms with Gasteiger partial charge in [-0.1, -0.05) is 34.8 Å². The summed E-state index contributed by atoms with van der Waals surface area (Å²) in [5, 5.41) is 1.01. The van der Waals surface area contributed by atoms with Crippen LogP contribution in [0.4, 0.5) is 5.95 Å². The van der Waals surface area contributed by atoms with Crippen molar-refractivity contribution in [2.24, 2.45) is 5.84 Å². The Morgan fingerprint density at radius 2 is 1.83 bits per heavy atom. The molecule has 3 N–H and O–H groups in total. The second kappa shape index (κ2) is 5.58. The van der Waals surface area contributed by atoms with E-state index in [-0.39, 0.29) is 11.8 Å². The monoisotopic (exact) mass is 304 g/mol. The number of nitrogen functional groups attached to an aromatic ring is 1. The second-order valence-corrected chi connectivity index (χ2v) is 4.38. The van der Waals surface area contributed by atoms with Crippen LogP contribution in [0.25, 0.3) is 0 Å². The maximum absolute atomic E-state index is 5.97. The molecular weight excluding hydrogens is 298 g/mol. The Morgan fingerprint density at radius 1 is 1.11 bits per heavy atom. The van der Waals surface area contributed by atoms with Gasteiger partial charge in [-0.25, -0.2) is 10.8 Å². The molecule has 0 amide bonds. The lowest BCUT2D eigenvalue weighted by atomic mass is 10.3. The van der Waals surface area contributed by atoms with Crippen LogP contribution < -0.4 is 16.0 Å². The van der Waals surface area contributed by atoms with Crippen molar-refractivity contribution in [2.45, 2.75) is 0 Å². The van der Waals surface area contributed by atoms with Gasteiger partial charge in [0.25, 0.3) is 0 Å². The Hall–Kier alpha value is -1.27. The van der Waals surface area contributed by atoms with E-state index in [1.54, 1.807) is 6.07 Å². The molecule has 18 heavy (non-hydrogen) atoms. The maximum Gasteiger partial charge on any atom is 0.240 e. The van der Waals surface area contributed by atoms with Crippen LogP contribution >= 0.6 is 34.8 Å². The number of benzene rings is 1. The topological polar surface area (TPSA) is 73.1 Å². The summed E-state index contributed by atoms with van der Waals surface area (Å²) < 4.78 is 5.47. The van der Waals surface area contributed by atoms with Crippen molar-refractivity contribution < 1.29 is 4.74 Å². The Kier molecular flexibility index (Phi) is 4.08. The molecule has 0 atom stereocenters.